The topological polar surface area (TPSA) is 110 Å². The maximum Gasteiger partial charge on any atom is 0.490 e. The zero-order valence-corrected chi connectivity index (χ0v) is 19.6. The summed E-state index contributed by atoms with van der Waals surface area (Å²) in [7, 11) is 0. The molecular formula is C25H20ClF3N4O3. The molecule has 0 fully saturated rings. The van der Waals surface area contributed by atoms with Crippen LogP contribution in [-0.4, -0.2) is 28.0 Å². The van der Waals surface area contributed by atoms with E-state index in [1.54, 1.807) is 36.4 Å². The van der Waals surface area contributed by atoms with E-state index in [1.807, 2.05) is 19.1 Å². The van der Waals surface area contributed by atoms with E-state index in [0.717, 1.165) is 11.3 Å². The van der Waals surface area contributed by atoms with Gasteiger partial charge in [-0.2, -0.15) is 13.2 Å². The number of nitrogens with one attached hydrogen (secondary N) is 2. The fraction of sp³-hybridized carbons (Fsp3) is 0.160. The summed E-state index contributed by atoms with van der Waals surface area (Å²) in [6.45, 7) is 1.25. The van der Waals surface area contributed by atoms with Gasteiger partial charge in [0.25, 0.3) is 5.91 Å². The Labute approximate surface area is 208 Å². The zero-order chi connectivity index (χ0) is 26.0. The van der Waals surface area contributed by atoms with E-state index in [4.69, 9.17) is 17.3 Å². The molecule has 0 saturated carbocycles. The number of hydrogen-bond donors (Lipinski definition) is 3. The van der Waals surface area contributed by atoms with Crippen molar-refractivity contribution < 1.29 is 27.5 Å². The van der Waals surface area contributed by atoms with Crippen LogP contribution in [0.15, 0.2) is 54.7 Å². The first-order valence-electron chi connectivity index (χ1n) is 10.8. The molecule has 11 heteroatoms. The molecule has 7 nitrogen and oxygen atoms in total. The molecule has 36 heavy (non-hydrogen) atoms. The minimum Gasteiger partial charge on any atom is -0.454 e. The van der Waals surface area contributed by atoms with Crippen LogP contribution in [0, 0.1) is 0 Å². The first-order valence-corrected chi connectivity index (χ1v) is 11.2. The van der Waals surface area contributed by atoms with Crippen molar-refractivity contribution in [3.8, 4) is 11.3 Å². The van der Waals surface area contributed by atoms with Crippen LogP contribution >= 0.6 is 11.6 Å². The molecule has 2 heterocycles. The Morgan fingerprint density at radius 3 is 2.53 bits per heavy atom. The number of nitrogens with two attached hydrogens (primary N) is 1. The molecule has 186 valence electrons. The molecule has 2 aromatic heterocycles. The van der Waals surface area contributed by atoms with Crippen LogP contribution in [-0.2, 0) is 22.6 Å². The normalized spacial score (nSPS) is 11.5. The highest BCUT2D eigenvalue weighted by atomic mass is 35.5. The molecule has 0 spiro atoms. The highest BCUT2D eigenvalue weighted by molar-refractivity contribution is 6.30. The van der Waals surface area contributed by atoms with Gasteiger partial charge < -0.3 is 20.8 Å². The Bertz CT molecular complexity index is 1450. The lowest BCUT2D eigenvalue weighted by atomic mass is 10.0. The molecule has 4 N–H and O–H groups in total. The van der Waals surface area contributed by atoms with Crippen LogP contribution < -0.4 is 11.1 Å². The molecule has 0 aliphatic heterocycles. The second kappa shape index (κ2) is 9.90. The summed E-state index contributed by atoms with van der Waals surface area (Å²) in [5.41, 5.74) is 9.68. The van der Waals surface area contributed by atoms with E-state index in [1.165, 1.54) is 6.20 Å². The molecule has 0 unspecified atom stereocenters. The Morgan fingerprint density at radius 1 is 1.17 bits per heavy atom. The number of benzene rings is 2. The molecule has 1 amide bonds. The number of pyridine rings is 1. The summed E-state index contributed by atoms with van der Waals surface area (Å²) in [5.74, 6) is -2.98. The van der Waals surface area contributed by atoms with E-state index in [2.05, 4.69) is 20.0 Å². The first kappa shape index (κ1) is 25.1. The number of amides is 1. The Hall–Kier alpha value is -4.05. The number of aromatic nitrogens is 2. The quantitative estimate of drug-likeness (QED) is 0.265. The molecule has 0 aliphatic carbocycles. The standard InChI is InChI=1S/C25H20ClF3N4O3/c1-2-16-14(12-36-24(35)25(27,28)29)4-3-5-19(16)32-21-17-10-20(13-6-8-15(26)9-7-13)33-23(17)31-11-18(21)22(30)34/h3-11H,2,12H2,1H3,(H2,30,34)(H2,31,32,33). The van der Waals surface area contributed by atoms with E-state index < -0.39 is 24.7 Å². The number of esters is 1. The molecule has 0 bridgehead atoms. The first-order chi connectivity index (χ1) is 17.1. The average molecular weight is 517 g/mol. The Balaban J connectivity index is 1.75. The van der Waals surface area contributed by atoms with Crippen molar-refractivity contribution in [2.24, 2.45) is 5.73 Å². The second-order valence-electron chi connectivity index (χ2n) is 7.86. The summed E-state index contributed by atoms with van der Waals surface area (Å²) in [6, 6.07) is 13.8. The minimum atomic E-state index is -5.09. The van der Waals surface area contributed by atoms with Gasteiger partial charge in [-0.3, -0.25) is 4.79 Å². The smallest absolute Gasteiger partial charge is 0.454 e. The van der Waals surface area contributed by atoms with Gasteiger partial charge in [0.1, 0.15) is 12.3 Å². The van der Waals surface area contributed by atoms with E-state index in [0.29, 0.717) is 45.0 Å². The number of rotatable bonds is 7. The SMILES string of the molecule is CCc1c(COC(=O)C(F)(F)F)cccc1Nc1c(C(N)=O)cnc2[nH]c(-c3ccc(Cl)cc3)cc12. The van der Waals surface area contributed by atoms with Crippen LogP contribution in [0.3, 0.4) is 0 Å². The van der Waals surface area contributed by atoms with Gasteiger partial charge in [0.15, 0.2) is 0 Å². The number of hydrogen-bond acceptors (Lipinski definition) is 5. The number of ether oxygens (including phenoxy) is 1. The number of carbonyl (C=O) groups excluding carboxylic acids is 2. The summed E-state index contributed by atoms with van der Waals surface area (Å²) in [5, 5.41) is 4.36. The molecule has 0 aliphatic rings. The second-order valence-corrected chi connectivity index (χ2v) is 8.30. The molecule has 0 radical (unpaired) electrons. The predicted octanol–water partition coefficient (Wildman–Crippen LogP) is 5.89. The van der Waals surface area contributed by atoms with Crippen LogP contribution in [0.1, 0.15) is 28.4 Å². The number of halogens is 4. The van der Waals surface area contributed by atoms with Gasteiger partial charge in [-0.05, 0) is 47.4 Å². The fourth-order valence-electron chi connectivity index (χ4n) is 3.85. The number of carbonyl (C=O) groups is 2. The summed E-state index contributed by atoms with van der Waals surface area (Å²) >= 11 is 5.99. The van der Waals surface area contributed by atoms with Crippen molar-refractivity contribution in [1.29, 1.82) is 0 Å². The number of H-pyrrole nitrogens is 1. The zero-order valence-electron chi connectivity index (χ0n) is 18.9. The van der Waals surface area contributed by atoms with Crippen LogP contribution in [0.4, 0.5) is 24.5 Å². The maximum absolute atomic E-state index is 12.6. The molecule has 0 saturated heterocycles. The number of alkyl halides is 3. The fourth-order valence-corrected chi connectivity index (χ4v) is 3.97. The molecule has 2 aromatic carbocycles. The van der Waals surface area contributed by atoms with Crippen molar-refractivity contribution in [2.45, 2.75) is 26.1 Å². The number of fused-ring (bicyclic) bond motifs is 1. The average Bonchev–Trinajstić information content (AvgIpc) is 3.27. The molecule has 4 aromatic rings. The number of nitrogens with zero attached hydrogens (tertiary/aromatic N) is 1. The molecule has 0 atom stereocenters. The Kier molecular flexibility index (Phi) is 6.89. The van der Waals surface area contributed by atoms with Gasteiger partial charge in [-0.15, -0.1) is 0 Å². The van der Waals surface area contributed by atoms with Crippen molar-refractivity contribution in [3.05, 3.63) is 76.4 Å². The number of anilines is 2. The van der Waals surface area contributed by atoms with Gasteiger partial charge in [0.05, 0.1) is 11.3 Å². The third-order valence-corrected chi connectivity index (χ3v) is 5.81. The monoisotopic (exact) mass is 516 g/mol. The van der Waals surface area contributed by atoms with Crippen molar-refractivity contribution >= 4 is 45.9 Å². The lowest BCUT2D eigenvalue weighted by Crippen LogP contribution is -2.25. The van der Waals surface area contributed by atoms with Crippen LogP contribution in [0.2, 0.25) is 5.02 Å². The van der Waals surface area contributed by atoms with Gasteiger partial charge in [0, 0.05) is 28.0 Å². The Morgan fingerprint density at radius 2 is 1.89 bits per heavy atom. The lowest BCUT2D eigenvalue weighted by molar-refractivity contribution is -0.201. The van der Waals surface area contributed by atoms with E-state index >= 15 is 0 Å². The lowest BCUT2D eigenvalue weighted by Gasteiger charge is -2.17. The highest BCUT2D eigenvalue weighted by Gasteiger charge is 2.41. The molecular weight excluding hydrogens is 497 g/mol. The van der Waals surface area contributed by atoms with Gasteiger partial charge in [-0.25, -0.2) is 9.78 Å². The largest absolute Gasteiger partial charge is 0.490 e. The van der Waals surface area contributed by atoms with Crippen molar-refractivity contribution in [1.82, 2.24) is 9.97 Å². The summed E-state index contributed by atoms with van der Waals surface area (Å²) in [4.78, 5) is 30.9. The van der Waals surface area contributed by atoms with Gasteiger partial charge in [-0.1, -0.05) is 42.8 Å². The van der Waals surface area contributed by atoms with Gasteiger partial charge in [0.2, 0.25) is 0 Å². The minimum absolute atomic E-state index is 0.125. The number of primary amides is 1. The summed E-state index contributed by atoms with van der Waals surface area (Å²) in [6.07, 6.45) is -3.33. The third kappa shape index (κ3) is 5.13. The van der Waals surface area contributed by atoms with Crippen LogP contribution in [0.5, 0.6) is 0 Å². The number of aromatic amines is 1. The van der Waals surface area contributed by atoms with Gasteiger partial charge >= 0.3 is 12.1 Å². The van der Waals surface area contributed by atoms with Crippen molar-refractivity contribution in [2.75, 3.05) is 5.32 Å². The van der Waals surface area contributed by atoms with E-state index in [-0.39, 0.29) is 5.56 Å². The maximum atomic E-state index is 12.6. The third-order valence-electron chi connectivity index (χ3n) is 5.56. The van der Waals surface area contributed by atoms with Crippen LogP contribution in [0.25, 0.3) is 22.3 Å². The molecule has 4 rings (SSSR count). The highest BCUT2D eigenvalue weighted by Crippen LogP contribution is 2.35. The predicted molar refractivity (Wildman–Crippen MR) is 130 cm³/mol. The van der Waals surface area contributed by atoms with Crippen molar-refractivity contribution in [3.63, 3.8) is 0 Å². The van der Waals surface area contributed by atoms with E-state index in [9.17, 15) is 22.8 Å². The summed E-state index contributed by atoms with van der Waals surface area (Å²) < 4.78 is 42.1.